The fraction of sp³-hybridized carbons (Fsp3) is 0.500. The molecule has 6 nitrogen and oxygen atoms in total. The lowest BCUT2D eigenvalue weighted by Gasteiger charge is -2.27. The minimum Gasteiger partial charge on any atom is -0.379 e. The third-order valence-corrected chi connectivity index (χ3v) is 6.47. The molecule has 1 saturated heterocycles. The van der Waals surface area contributed by atoms with Gasteiger partial charge in [-0.05, 0) is 37.1 Å². The van der Waals surface area contributed by atoms with E-state index in [-0.39, 0.29) is 10.8 Å². The molecular weight excluding hydrogens is 340 g/mol. The molecule has 2 rings (SSSR count). The lowest BCUT2D eigenvalue weighted by atomic mass is 9.93. The summed E-state index contributed by atoms with van der Waals surface area (Å²) in [5, 5.41) is 2.87. The number of ether oxygens (including phenoxy) is 1. The van der Waals surface area contributed by atoms with E-state index in [2.05, 4.69) is 11.2 Å². The molecule has 25 heavy (non-hydrogen) atoms. The van der Waals surface area contributed by atoms with Crippen LogP contribution in [0.4, 0.5) is 0 Å². The van der Waals surface area contributed by atoms with Gasteiger partial charge >= 0.3 is 0 Å². The van der Waals surface area contributed by atoms with E-state index in [4.69, 9.17) is 11.2 Å². The van der Waals surface area contributed by atoms with Gasteiger partial charge in [-0.2, -0.15) is 4.31 Å². The topological polar surface area (TPSA) is 75.7 Å². The SMILES string of the molecule is C#CC(CC)(CC)NC(=O)c1ccc(S(=O)(=O)N2CCOCC2)cc1. The first kappa shape index (κ1) is 19.4. The van der Waals surface area contributed by atoms with E-state index in [1.165, 1.54) is 28.6 Å². The number of terminal acetylenes is 1. The zero-order valence-corrected chi connectivity index (χ0v) is 15.4. The summed E-state index contributed by atoms with van der Waals surface area (Å²) in [5.74, 6) is 2.34. The number of carbonyl (C=O) groups excluding carboxylic acids is 1. The Bertz CT molecular complexity index is 740. The van der Waals surface area contributed by atoms with Crippen LogP contribution in [-0.2, 0) is 14.8 Å². The van der Waals surface area contributed by atoms with Crippen molar-refractivity contribution in [2.75, 3.05) is 26.3 Å². The van der Waals surface area contributed by atoms with Crippen molar-refractivity contribution < 1.29 is 17.9 Å². The standard InChI is InChI=1S/C18H24N2O4S/c1-4-18(5-2,6-3)19-17(21)15-7-9-16(10-8-15)25(22,23)20-11-13-24-14-12-20/h1,7-10H,5-6,11-14H2,2-3H3,(H,19,21). The van der Waals surface area contributed by atoms with Crippen LogP contribution in [0.2, 0.25) is 0 Å². The lowest BCUT2D eigenvalue weighted by Crippen LogP contribution is -2.46. The summed E-state index contributed by atoms with van der Waals surface area (Å²) >= 11 is 0. The van der Waals surface area contributed by atoms with Crippen molar-refractivity contribution >= 4 is 15.9 Å². The van der Waals surface area contributed by atoms with E-state index in [0.29, 0.717) is 44.7 Å². The molecule has 1 fully saturated rings. The second-order valence-corrected chi connectivity index (χ2v) is 7.87. The van der Waals surface area contributed by atoms with Gasteiger partial charge in [0.1, 0.15) is 5.54 Å². The van der Waals surface area contributed by atoms with Crippen LogP contribution in [0.25, 0.3) is 0 Å². The maximum atomic E-state index is 12.6. The van der Waals surface area contributed by atoms with E-state index >= 15 is 0 Å². The van der Waals surface area contributed by atoms with Crippen LogP contribution in [0.5, 0.6) is 0 Å². The van der Waals surface area contributed by atoms with Crippen LogP contribution in [0.1, 0.15) is 37.0 Å². The van der Waals surface area contributed by atoms with Gasteiger partial charge in [0.05, 0.1) is 18.1 Å². The molecule has 0 atom stereocenters. The van der Waals surface area contributed by atoms with Gasteiger partial charge in [0, 0.05) is 18.7 Å². The first-order chi connectivity index (χ1) is 11.9. The van der Waals surface area contributed by atoms with Crippen molar-refractivity contribution in [3.8, 4) is 12.3 Å². The maximum absolute atomic E-state index is 12.6. The van der Waals surface area contributed by atoms with Crippen LogP contribution in [0.15, 0.2) is 29.2 Å². The van der Waals surface area contributed by atoms with Crippen molar-refractivity contribution in [1.82, 2.24) is 9.62 Å². The molecule has 1 amide bonds. The predicted molar refractivity (Wildman–Crippen MR) is 95.6 cm³/mol. The summed E-state index contributed by atoms with van der Waals surface area (Å²) in [6.07, 6.45) is 6.80. The van der Waals surface area contributed by atoms with Gasteiger partial charge in [-0.15, -0.1) is 6.42 Å². The zero-order valence-electron chi connectivity index (χ0n) is 14.6. The summed E-state index contributed by atoms with van der Waals surface area (Å²) in [5.41, 5.74) is -0.308. The molecule has 7 heteroatoms. The summed E-state index contributed by atoms with van der Waals surface area (Å²) in [6.45, 7) is 5.29. The van der Waals surface area contributed by atoms with Crippen molar-refractivity contribution in [2.24, 2.45) is 0 Å². The van der Waals surface area contributed by atoms with Gasteiger partial charge in [0.2, 0.25) is 10.0 Å². The van der Waals surface area contributed by atoms with Crippen LogP contribution < -0.4 is 5.32 Å². The van der Waals surface area contributed by atoms with E-state index in [9.17, 15) is 13.2 Å². The largest absolute Gasteiger partial charge is 0.379 e. The van der Waals surface area contributed by atoms with Crippen molar-refractivity contribution in [1.29, 1.82) is 0 Å². The molecular formula is C18H24N2O4S. The summed E-state index contributed by atoms with van der Waals surface area (Å²) < 4.78 is 31.7. The Kier molecular flexibility index (Phi) is 6.22. The molecule has 1 aliphatic heterocycles. The Hall–Kier alpha value is -1.88. The Morgan fingerprint density at radius 1 is 1.24 bits per heavy atom. The second kappa shape index (κ2) is 8.00. The number of hydrogen-bond donors (Lipinski definition) is 1. The number of amides is 1. The molecule has 1 aromatic carbocycles. The van der Waals surface area contributed by atoms with Crippen molar-refractivity contribution in [3.63, 3.8) is 0 Å². The highest BCUT2D eigenvalue weighted by Gasteiger charge is 2.28. The van der Waals surface area contributed by atoms with Crippen LogP contribution in [-0.4, -0.2) is 50.5 Å². The molecule has 1 N–H and O–H groups in total. The average molecular weight is 364 g/mol. The molecule has 0 aliphatic carbocycles. The Morgan fingerprint density at radius 2 is 1.80 bits per heavy atom. The Labute approximate surface area is 149 Å². The third kappa shape index (κ3) is 4.21. The number of carbonyl (C=O) groups is 1. The smallest absolute Gasteiger partial charge is 0.252 e. The molecule has 0 bridgehead atoms. The minimum atomic E-state index is -3.56. The van der Waals surface area contributed by atoms with Gasteiger partial charge in [0.15, 0.2) is 0 Å². The molecule has 1 aromatic rings. The van der Waals surface area contributed by atoms with Crippen molar-refractivity contribution in [2.45, 2.75) is 37.1 Å². The van der Waals surface area contributed by atoms with Crippen LogP contribution in [0.3, 0.4) is 0 Å². The number of hydrogen-bond acceptors (Lipinski definition) is 4. The molecule has 136 valence electrons. The number of morpholine rings is 1. The molecule has 0 aromatic heterocycles. The third-order valence-electron chi connectivity index (χ3n) is 4.56. The fourth-order valence-corrected chi connectivity index (χ4v) is 4.08. The van der Waals surface area contributed by atoms with E-state index in [0.717, 1.165) is 0 Å². The highest BCUT2D eigenvalue weighted by atomic mass is 32.2. The van der Waals surface area contributed by atoms with Gasteiger partial charge in [-0.1, -0.05) is 19.8 Å². The lowest BCUT2D eigenvalue weighted by molar-refractivity contribution is 0.0730. The first-order valence-corrected chi connectivity index (χ1v) is 9.81. The quantitative estimate of drug-likeness (QED) is 0.779. The summed E-state index contributed by atoms with van der Waals surface area (Å²) in [4.78, 5) is 12.6. The summed E-state index contributed by atoms with van der Waals surface area (Å²) in [6, 6.07) is 5.93. The molecule has 0 spiro atoms. The first-order valence-electron chi connectivity index (χ1n) is 8.37. The Morgan fingerprint density at radius 3 is 2.28 bits per heavy atom. The normalized spacial score (nSPS) is 16.2. The van der Waals surface area contributed by atoms with Crippen LogP contribution >= 0.6 is 0 Å². The van der Waals surface area contributed by atoms with E-state index in [1.54, 1.807) is 0 Å². The zero-order chi connectivity index (χ0) is 18.5. The average Bonchev–Trinajstić information content (AvgIpc) is 2.67. The fourth-order valence-electron chi connectivity index (χ4n) is 2.67. The maximum Gasteiger partial charge on any atom is 0.252 e. The number of nitrogens with zero attached hydrogens (tertiary/aromatic N) is 1. The van der Waals surface area contributed by atoms with Gasteiger partial charge in [-0.25, -0.2) is 8.42 Å². The number of sulfonamides is 1. The highest BCUT2D eigenvalue weighted by molar-refractivity contribution is 7.89. The predicted octanol–water partition coefficient (Wildman–Crippen LogP) is 1.63. The second-order valence-electron chi connectivity index (χ2n) is 5.93. The highest BCUT2D eigenvalue weighted by Crippen LogP contribution is 2.19. The summed E-state index contributed by atoms with van der Waals surface area (Å²) in [7, 11) is -3.56. The van der Waals surface area contributed by atoms with E-state index < -0.39 is 15.6 Å². The van der Waals surface area contributed by atoms with Crippen LogP contribution in [0, 0.1) is 12.3 Å². The Balaban J connectivity index is 2.16. The number of rotatable bonds is 6. The van der Waals surface area contributed by atoms with Gasteiger partial charge in [-0.3, -0.25) is 4.79 Å². The number of nitrogens with one attached hydrogen (secondary N) is 1. The minimum absolute atomic E-state index is 0.167. The van der Waals surface area contributed by atoms with E-state index in [1.807, 2.05) is 13.8 Å². The molecule has 1 aliphatic rings. The molecule has 0 unspecified atom stereocenters. The number of benzene rings is 1. The van der Waals surface area contributed by atoms with Gasteiger partial charge in [0.25, 0.3) is 5.91 Å². The van der Waals surface area contributed by atoms with Crippen molar-refractivity contribution in [3.05, 3.63) is 29.8 Å². The molecule has 1 heterocycles. The van der Waals surface area contributed by atoms with Gasteiger partial charge < -0.3 is 10.1 Å². The molecule has 0 saturated carbocycles. The monoisotopic (exact) mass is 364 g/mol. The molecule has 0 radical (unpaired) electrons.